The van der Waals surface area contributed by atoms with E-state index in [-0.39, 0.29) is 6.04 Å². The standard InChI is InChI=1S/C34H52N2O6/c1-5-11-31-26-29(4)33(27-32(35-31)12-6-2)36-34(13-7-3)42-25-24-40-21-20-38-17-16-37-18-19-39-22-23-41-28-30-14-9-8-10-15-30/h6-15,29,33,35-36H,2-3,5,16-28H2,1,4H3/b31-11+,32-12+,34-13+/t29-,33?/m0/s1. The predicted molar refractivity (Wildman–Crippen MR) is 169 cm³/mol. The highest BCUT2D eigenvalue weighted by atomic mass is 16.6. The van der Waals surface area contributed by atoms with Gasteiger partial charge < -0.3 is 39.1 Å². The van der Waals surface area contributed by atoms with Crippen LogP contribution in [0.15, 0.2) is 91.1 Å². The van der Waals surface area contributed by atoms with E-state index < -0.39 is 0 Å². The van der Waals surface area contributed by atoms with Crippen molar-refractivity contribution in [1.29, 1.82) is 0 Å². The molecule has 1 unspecified atom stereocenters. The van der Waals surface area contributed by atoms with Gasteiger partial charge in [0.05, 0.1) is 66.1 Å². The highest BCUT2D eigenvalue weighted by molar-refractivity contribution is 5.21. The van der Waals surface area contributed by atoms with E-state index in [0.717, 1.165) is 30.5 Å². The molecule has 0 bridgehead atoms. The zero-order valence-corrected chi connectivity index (χ0v) is 25.7. The number of allylic oxidation sites excluding steroid dienone is 6. The molecule has 0 aromatic heterocycles. The van der Waals surface area contributed by atoms with Crippen LogP contribution in [0.1, 0.15) is 38.7 Å². The van der Waals surface area contributed by atoms with Crippen molar-refractivity contribution in [3.05, 3.63) is 96.7 Å². The minimum absolute atomic E-state index is 0.208. The van der Waals surface area contributed by atoms with E-state index in [2.05, 4.69) is 43.7 Å². The maximum atomic E-state index is 5.98. The first-order valence-electron chi connectivity index (χ1n) is 15.1. The minimum Gasteiger partial charge on any atom is -0.477 e. The zero-order valence-electron chi connectivity index (χ0n) is 25.7. The molecule has 2 atom stereocenters. The second kappa shape index (κ2) is 23.7. The molecule has 0 amide bonds. The fourth-order valence-electron chi connectivity index (χ4n) is 4.34. The summed E-state index contributed by atoms with van der Waals surface area (Å²) in [7, 11) is 0. The summed E-state index contributed by atoms with van der Waals surface area (Å²) in [5, 5.41) is 7.14. The van der Waals surface area contributed by atoms with E-state index in [0.29, 0.717) is 84.5 Å². The van der Waals surface area contributed by atoms with E-state index in [9.17, 15) is 0 Å². The van der Waals surface area contributed by atoms with Crippen LogP contribution >= 0.6 is 0 Å². The molecule has 1 aliphatic heterocycles. The summed E-state index contributed by atoms with van der Waals surface area (Å²) < 4.78 is 33.8. The molecule has 2 rings (SSSR count). The summed E-state index contributed by atoms with van der Waals surface area (Å²) in [6.07, 6.45) is 12.5. The van der Waals surface area contributed by atoms with Crippen LogP contribution in [0, 0.1) is 5.92 Å². The molecule has 0 radical (unpaired) electrons. The highest BCUT2D eigenvalue weighted by Crippen LogP contribution is 2.25. The largest absolute Gasteiger partial charge is 0.477 e. The van der Waals surface area contributed by atoms with Crippen LogP contribution in [-0.4, -0.2) is 72.1 Å². The lowest BCUT2D eigenvalue weighted by atomic mass is 9.95. The van der Waals surface area contributed by atoms with Crippen LogP contribution in [0.5, 0.6) is 0 Å². The van der Waals surface area contributed by atoms with E-state index in [1.807, 2.05) is 48.6 Å². The normalized spacial score (nSPS) is 19.3. The quantitative estimate of drug-likeness (QED) is 0.0970. The predicted octanol–water partition coefficient (Wildman–Crippen LogP) is 5.66. The summed E-state index contributed by atoms with van der Waals surface area (Å²) in [6, 6.07) is 10.3. The highest BCUT2D eigenvalue weighted by Gasteiger charge is 2.25. The van der Waals surface area contributed by atoms with Gasteiger partial charge in [-0.1, -0.05) is 75.6 Å². The van der Waals surface area contributed by atoms with Gasteiger partial charge in [0.2, 0.25) is 0 Å². The van der Waals surface area contributed by atoms with Gasteiger partial charge in [-0.2, -0.15) is 0 Å². The molecule has 1 aliphatic rings. The second-order valence-corrected chi connectivity index (χ2v) is 9.93. The topological polar surface area (TPSA) is 79.4 Å². The van der Waals surface area contributed by atoms with Crippen molar-refractivity contribution in [3.63, 3.8) is 0 Å². The fraction of sp³-hybridized carbons (Fsp3) is 0.529. The fourth-order valence-corrected chi connectivity index (χ4v) is 4.34. The number of hydrogen-bond acceptors (Lipinski definition) is 8. The average Bonchev–Trinajstić information content (AvgIpc) is 3.13. The summed E-state index contributed by atoms with van der Waals surface area (Å²) in [6.45, 7) is 17.8. The van der Waals surface area contributed by atoms with E-state index in [1.165, 1.54) is 5.70 Å². The second-order valence-electron chi connectivity index (χ2n) is 9.93. The molecule has 8 nitrogen and oxygen atoms in total. The lowest BCUT2D eigenvalue weighted by Crippen LogP contribution is -2.35. The Bertz CT molecular complexity index is 947. The third kappa shape index (κ3) is 16.5. The lowest BCUT2D eigenvalue weighted by molar-refractivity contribution is -0.0158. The van der Waals surface area contributed by atoms with E-state index in [1.54, 1.807) is 6.08 Å². The molecule has 1 fully saturated rings. The Kier molecular flexibility index (Phi) is 19.9. The van der Waals surface area contributed by atoms with Gasteiger partial charge in [0.25, 0.3) is 0 Å². The molecule has 234 valence electrons. The molecular formula is C34H52N2O6. The van der Waals surface area contributed by atoms with Crippen molar-refractivity contribution in [2.75, 3.05) is 66.1 Å². The molecular weight excluding hydrogens is 532 g/mol. The molecule has 1 saturated heterocycles. The van der Waals surface area contributed by atoms with Crippen LogP contribution in [0.3, 0.4) is 0 Å². The Morgan fingerprint density at radius 3 is 1.98 bits per heavy atom. The Balaban J connectivity index is 1.47. The molecule has 1 aromatic carbocycles. The first-order valence-corrected chi connectivity index (χ1v) is 15.1. The SMILES string of the molecule is C=C/C=C1\CC(N/C(=C\C=C)OCCOCCOCCOCCOCCOCc2ccccc2)[C@@H](C)C/C(=C\CC)N1. The minimum atomic E-state index is 0.208. The smallest absolute Gasteiger partial charge is 0.186 e. The van der Waals surface area contributed by atoms with E-state index >= 15 is 0 Å². The summed E-state index contributed by atoms with van der Waals surface area (Å²) in [5.41, 5.74) is 3.56. The van der Waals surface area contributed by atoms with Gasteiger partial charge in [-0.15, -0.1) is 0 Å². The average molecular weight is 585 g/mol. The Hall–Kier alpha value is -2.88. The maximum Gasteiger partial charge on any atom is 0.186 e. The first-order chi connectivity index (χ1) is 20.7. The number of nitrogens with one attached hydrogen (secondary N) is 2. The summed E-state index contributed by atoms with van der Waals surface area (Å²) in [5.74, 6) is 1.11. The van der Waals surface area contributed by atoms with E-state index in [4.69, 9.17) is 28.4 Å². The van der Waals surface area contributed by atoms with Crippen molar-refractivity contribution in [2.45, 2.75) is 45.8 Å². The van der Waals surface area contributed by atoms with Gasteiger partial charge in [0, 0.05) is 23.9 Å². The van der Waals surface area contributed by atoms with Crippen molar-refractivity contribution < 1.29 is 28.4 Å². The summed E-state index contributed by atoms with van der Waals surface area (Å²) in [4.78, 5) is 0. The number of benzene rings is 1. The van der Waals surface area contributed by atoms with Gasteiger partial charge in [-0.25, -0.2) is 0 Å². The van der Waals surface area contributed by atoms with Gasteiger partial charge in [-0.05, 0) is 36.5 Å². The Labute approximate surface area is 253 Å². The van der Waals surface area contributed by atoms with Gasteiger partial charge in [0.1, 0.15) is 6.61 Å². The maximum absolute atomic E-state index is 5.98. The molecule has 42 heavy (non-hydrogen) atoms. The molecule has 2 N–H and O–H groups in total. The van der Waals surface area contributed by atoms with Crippen LogP contribution in [0.4, 0.5) is 0 Å². The number of rotatable bonds is 23. The van der Waals surface area contributed by atoms with Crippen molar-refractivity contribution in [3.8, 4) is 0 Å². The third-order valence-electron chi connectivity index (χ3n) is 6.44. The van der Waals surface area contributed by atoms with Crippen LogP contribution in [0.25, 0.3) is 0 Å². The lowest BCUT2D eigenvalue weighted by Gasteiger charge is -2.25. The Morgan fingerprint density at radius 2 is 1.40 bits per heavy atom. The van der Waals surface area contributed by atoms with Gasteiger partial charge >= 0.3 is 0 Å². The Morgan fingerprint density at radius 1 is 0.810 bits per heavy atom. The molecule has 0 spiro atoms. The zero-order chi connectivity index (χ0) is 30.1. The molecule has 0 aliphatic carbocycles. The van der Waals surface area contributed by atoms with Gasteiger partial charge in [-0.3, -0.25) is 0 Å². The van der Waals surface area contributed by atoms with Crippen molar-refractivity contribution >= 4 is 0 Å². The monoisotopic (exact) mass is 584 g/mol. The first kappa shape index (κ1) is 35.3. The summed E-state index contributed by atoms with van der Waals surface area (Å²) >= 11 is 0. The molecule has 0 saturated carbocycles. The van der Waals surface area contributed by atoms with Crippen LogP contribution in [-0.2, 0) is 35.0 Å². The van der Waals surface area contributed by atoms with Crippen LogP contribution in [0.2, 0.25) is 0 Å². The van der Waals surface area contributed by atoms with Gasteiger partial charge in [0.15, 0.2) is 5.88 Å². The van der Waals surface area contributed by atoms with Crippen molar-refractivity contribution in [2.24, 2.45) is 5.92 Å². The molecule has 1 heterocycles. The van der Waals surface area contributed by atoms with Crippen molar-refractivity contribution in [1.82, 2.24) is 10.6 Å². The molecule has 1 aromatic rings. The van der Waals surface area contributed by atoms with Crippen LogP contribution < -0.4 is 10.6 Å². The number of ether oxygens (including phenoxy) is 6. The number of hydrogen-bond donors (Lipinski definition) is 2. The molecule has 8 heteroatoms. The third-order valence-corrected chi connectivity index (χ3v) is 6.44.